The SMILES string of the molecule is CN(C)C(=O)c1ccc(CN2CC=C(c3c[nH]c4ccccc34)CC2)[nH]1. The van der Waals surface area contributed by atoms with E-state index >= 15 is 0 Å². The number of rotatable bonds is 4. The molecule has 4 rings (SSSR count). The second-order valence-electron chi connectivity index (χ2n) is 7.06. The van der Waals surface area contributed by atoms with Gasteiger partial charge in [0.15, 0.2) is 0 Å². The normalized spacial score (nSPS) is 15.2. The van der Waals surface area contributed by atoms with Gasteiger partial charge in [0.1, 0.15) is 5.69 Å². The third-order valence-corrected chi connectivity index (χ3v) is 5.01. The van der Waals surface area contributed by atoms with Crippen molar-refractivity contribution in [2.24, 2.45) is 0 Å². The highest BCUT2D eigenvalue weighted by Crippen LogP contribution is 2.29. The Labute approximate surface area is 153 Å². The molecule has 1 aliphatic rings. The molecule has 0 spiro atoms. The van der Waals surface area contributed by atoms with Gasteiger partial charge in [0.2, 0.25) is 0 Å². The lowest BCUT2D eigenvalue weighted by Crippen LogP contribution is -2.28. The second-order valence-corrected chi connectivity index (χ2v) is 7.06. The van der Waals surface area contributed by atoms with Crippen LogP contribution in [0.4, 0.5) is 0 Å². The average molecular weight is 348 g/mol. The fraction of sp³-hybridized carbons (Fsp3) is 0.286. The first-order valence-electron chi connectivity index (χ1n) is 8.99. The number of carbonyl (C=O) groups is 1. The summed E-state index contributed by atoms with van der Waals surface area (Å²) in [6.45, 7) is 2.77. The fourth-order valence-electron chi connectivity index (χ4n) is 3.58. The molecule has 5 heteroatoms. The zero-order valence-electron chi connectivity index (χ0n) is 15.2. The van der Waals surface area contributed by atoms with Crippen LogP contribution in [-0.4, -0.2) is 52.9 Å². The number of para-hydroxylation sites is 1. The van der Waals surface area contributed by atoms with Crippen LogP contribution in [-0.2, 0) is 6.54 Å². The second kappa shape index (κ2) is 6.84. The topological polar surface area (TPSA) is 55.1 Å². The van der Waals surface area contributed by atoms with Gasteiger partial charge >= 0.3 is 0 Å². The highest BCUT2D eigenvalue weighted by atomic mass is 16.2. The molecule has 0 radical (unpaired) electrons. The molecule has 0 atom stereocenters. The molecule has 26 heavy (non-hydrogen) atoms. The minimum Gasteiger partial charge on any atom is -0.361 e. The minimum absolute atomic E-state index is 0.0106. The van der Waals surface area contributed by atoms with Crippen molar-refractivity contribution in [2.45, 2.75) is 13.0 Å². The summed E-state index contributed by atoms with van der Waals surface area (Å²) >= 11 is 0. The van der Waals surface area contributed by atoms with E-state index in [4.69, 9.17) is 0 Å². The first-order chi connectivity index (χ1) is 12.6. The van der Waals surface area contributed by atoms with E-state index in [2.05, 4.69) is 51.4 Å². The van der Waals surface area contributed by atoms with Crippen molar-refractivity contribution < 1.29 is 4.79 Å². The Bertz CT molecular complexity index is 963. The molecule has 0 unspecified atom stereocenters. The molecule has 2 aromatic heterocycles. The number of carbonyl (C=O) groups excluding carboxylic acids is 1. The molecule has 5 nitrogen and oxygen atoms in total. The van der Waals surface area contributed by atoms with Crippen molar-refractivity contribution in [1.82, 2.24) is 19.8 Å². The number of nitrogens with zero attached hydrogens (tertiary/aromatic N) is 2. The summed E-state index contributed by atoms with van der Waals surface area (Å²) < 4.78 is 0. The third kappa shape index (κ3) is 3.18. The molecule has 0 fully saturated rings. The van der Waals surface area contributed by atoms with Crippen LogP contribution in [0.15, 0.2) is 48.7 Å². The summed E-state index contributed by atoms with van der Waals surface area (Å²) in [5.41, 5.74) is 5.65. The molecular formula is C21H24N4O. The first-order valence-corrected chi connectivity index (χ1v) is 8.99. The number of amides is 1. The minimum atomic E-state index is 0.0106. The van der Waals surface area contributed by atoms with Gasteiger partial charge in [-0.25, -0.2) is 0 Å². The maximum absolute atomic E-state index is 12.0. The summed E-state index contributed by atoms with van der Waals surface area (Å²) in [4.78, 5) is 22.6. The summed E-state index contributed by atoms with van der Waals surface area (Å²) in [7, 11) is 3.54. The summed E-state index contributed by atoms with van der Waals surface area (Å²) in [5, 5.41) is 1.29. The van der Waals surface area contributed by atoms with E-state index in [-0.39, 0.29) is 5.91 Å². The van der Waals surface area contributed by atoms with Gasteiger partial charge in [-0.3, -0.25) is 9.69 Å². The van der Waals surface area contributed by atoms with Crippen LogP contribution in [0.5, 0.6) is 0 Å². The van der Waals surface area contributed by atoms with Gasteiger partial charge < -0.3 is 14.9 Å². The number of benzene rings is 1. The Hall–Kier alpha value is -2.79. The van der Waals surface area contributed by atoms with Gasteiger partial charge in [-0.1, -0.05) is 24.3 Å². The number of hydrogen-bond acceptors (Lipinski definition) is 2. The Morgan fingerprint density at radius 2 is 2.04 bits per heavy atom. The average Bonchev–Trinajstić information content (AvgIpc) is 3.29. The van der Waals surface area contributed by atoms with Crippen molar-refractivity contribution in [3.05, 3.63) is 65.6 Å². The van der Waals surface area contributed by atoms with Crippen molar-refractivity contribution in [1.29, 1.82) is 0 Å². The van der Waals surface area contributed by atoms with Crippen LogP contribution in [0.2, 0.25) is 0 Å². The van der Waals surface area contributed by atoms with Gasteiger partial charge in [0.05, 0.1) is 0 Å². The van der Waals surface area contributed by atoms with Gasteiger partial charge in [0.25, 0.3) is 5.91 Å². The molecule has 3 heterocycles. The lowest BCUT2D eigenvalue weighted by atomic mass is 9.99. The van der Waals surface area contributed by atoms with Crippen LogP contribution in [0, 0.1) is 0 Å². The van der Waals surface area contributed by atoms with Crippen LogP contribution < -0.4 is 0 Å². The van der Waals surface area contributed by atoms with Crippen LogP contribution >= 0.6 is 0 Å². The zero-order valence-corrected chi connectivity index (χ0v) is 15.2. The molecule has 1 amide bonds. The quantitative estimate of drug-likeness (QED) is 0.758. The molecule has 0 aliphatic carbocycles. The van der Waals surface area contributed by atoms with E-state index in [0.717, 1.165) is 31.7 Å². The van der Waals surface area contributed by atoms with Crippen LogP contribution in [0.25, 0.3) is 16.5 Å². The predicted molar refractivity (Wildman–Crippen MR) is 105 cm³/mol. The maximum Gasteiger partial charge on any atom is 0.269 e. The Morgan fingerprint density at radius 1 is 1.19 bits per heavy atom. The molecule has 0 saturated carbocycles. The first kappa shape index (κ1) is 16.7. The molecule has 2 N–H and O–H groups in total. The standard InChI is InChI=1S/C21H24N4O/c1-24(2)21(26)20-8-7-16(23-20)14-25-11-9-15(10-12-25)18-13-22-19-6-4-3-5-17(18)19/h3-9,13,22-23H,10-12,14H2,1-2H3. The van der Waals surface area contributed by atoms with Gasteiger partial charge in [-0.15, -0.1) is 0 Å². The highest BCUT2D eigenvalue weighted by Gasteiger charge is 2.17. The molecular weight excluding hydrogens is 324 g/mol. The smallest absolute Gasteiger partial charge is 0.269 e. The largest absolute Gasteiger partial charge is 0.361 e. The van der Waals surface area contributed by atoms with E-state index in [1.807, 2.05) is 12.1 Å². The van der Waals surface area contributed by atoms with Crippen LogP contribution in [0.1, 0.15) is 28.2 Å². The van der Waals surface area contributed by atoms with E-state index < -0.39 is 0 Å². The molecule has 1 aromatic carbocycles. The summed E-state index contributed by atoms with van der Waals surface area (Å²) in [6.07, 6.45) is 5.48. The third-order valence-electron chi connectivity index (χ3n) is 5.01. The fourth-order valence-corrected chi connectivity index (χ4v) is 3.58. The molecule has 3 aromatic rings. The summed E-state index contributed by atoms with van der Waals surface area (Å²) in [6, 6.07) is 12.3. The van der Waals surface area contributed by atoms with E-state index in [1.54, 1.807) is 19.0 Å². The van der Waals surface area contributed by atoms with Gasteiger partial charge in [-0.05, 0) is 30.2 Å². The molecule has 0 bridgehead atoms. The number of H-pyrrole nitrogens is 2. The Morgan fingerprint density at radius 3 is 2.81 bits per heavy atom. The molecule has 134 valence electrons. The maximum atomic E-state index is 12.0. The Kier molecular flexibility index (Phi) is 4.39. The lowest BCUT2D eigenvalue weighted by Gasteiger charge is -2.25. The predicted octanol–water partition coefficient (Wildman–Crippen LogP) is 3.49. The zero-order chi connectivity index (χ0) is 18.1. The van der Waals surface area contributed by atoms with Crippen molar-refractivity contribution in [3.8, 4) is 0 Å². The van der Waals surface area contributed by atoms with Gasteiger partial charge in [0, 0.05) is 62.1 Å². The van der Waals surface area contributed by atoms with Gasteiger partial charge in [-0.2, -0.15) is 0 Å². The van der Waals surface area contributed by atoms with Crippen molar-refractivity contribution in [3.63, 3.8) is 0 Å². The Balaban J connectivity index is 1.44. The number of fused-ring (bicyclic) bond motifs is 1. The van der Waals surface area contributed by atoms with Crippen LogP contribution in [0.3, 0.4) is 0 Å². The number of aromatic nitrogens is 2. The van der Waals surface area contributed by atoms with E-state index in [1.165, 1.54) is 22.0 Å². The van der Waals surface area contributed by atoms with E-state index in [9.17, 15) is 4.79 Å². The van der Waals surface area contributed by atoms with E-state index in [0.29, 0.717) is 5.69 Å². The lowest BCUT2D eigenvalue weighted by molar-refractivity contribution is 0.0822. The van der Waals surface area contributed by atoms with Crippen molar-refractivity contribution >= 4 is 22.4 Å². The highest BCUT2D eigenvalue weighted by molar-refractivity contribution is 5.93. The molecule has 1 aliphatic heterocycles. The number of nitrogens with one attached hydrogen (secondary N) is 2. The van der Waals surface area contributed by atoms with Crippen molar-refractivity contribution in [2.75, 3.05) is 27.2 Å². The number of aromatic amines is 2. The molecule has 0 saturated heterocycles. The monoisotopic (exact) mass is 348 g/mol. The summed E-state index contributed by atoms with van der Waals surface area (Å²) in [5.74, 6) is 0.0106. The number of hydrogen-bond donors (Lipinski definition) is 2.